The quantitative estimate of drug-likeness (QED) is 0.729. The normalized spacial score (nSPS) is 12.7. The van der Waals surface area contributed by atoms with Gasteiger partial charge in [0.25, 0.3) is 0 Å². The molecule has 0 bridgehead atoms. The van der Waals surface area contributed by atoms with Crippen LogP contribution in [-0.2, 0) is 6.42 Å². The van der Waals surface area contributed by atoms with Crippen molar-refractivity contribution in [2.24, 2.45) is 0 Å². The second kappa shape index (κ2) is 7.84. The van der Waals surface area contributed by atoms with Crippen LogP contribution in [-0.4, -0.2) is 26.7 Å². The number of nitrogens with one attached hydrogen (secondary N) is 2. The third kappa shape index (κ3) is 4.14. The Morgan fingerprint density at radius 3 is 2.61 bits per heavy atom. The fourth-order valence-corrected chi connectivity index (χ4v) is 2.94. The number of methoxy groups -OCH3 is 1. The molecule has 0 fully saturated rings. The van der Waals surface area contributed by atoms with Crippen LogP contribution in [0.3, 0.4) is 0 Å². The highest BCUT2D eigenvalue weighted by molar-refractivity contribution is 5.72. The van der Waals surface area contributed by atoms with E-state index in [1.807, 2.05) is 24.3 Å². The Morgan fingerprint density at radius 1 is 0.957 bits per heavy atom. The van der Waals surface area contributed by atoms with Crippen molar-refractivity contribution in [3.05, 3.63) is 65.7 Å². The zero-order valence-electron chi connectivity index (χ0n) is 13.6. The second-order valence-electron chi connectivity index (χ2n) is 5.75. The van der Waals surface area contributed by atoms with E-state index in [2.05, 4.69) is 41.0 Å². The Kier molecular flexibility index (Phi) is 5.33. The molecule has 1 aliphatic carbocycles. The van der Waals surface area contributed by atoms with Crippen LogP contribution >= 0.6 is 0 Å². The van der Waals surface area contributed by atoms with Gasteiger partial charge < -0.3 is 15.4 Å². The van der Waals surface area contributed by atoms with Crippen LogP contribution in [0.15, 0.2) is 54.6 Å². The van der Waals surface area contributed by atoms with Gasteiger partial charge in [0.05, 0.1) is 7.11 Å². The summed E-state index contributed by atoms with van der Waals surface area (Å²) >= 11 is 0. The summed E-state index contributed by atoms with van der Waals surface area (Å²) in [6, 6.07) is 16.7. The Hall–Kier alpha value is -2.26. The van der Waals surface area contributed by atoms with Crippen molar-refractivity contribution < 1.29 is 4.74 Å². The minimum absolute atomic E-state index is 0.888. The topological polar surface area (TPSA) is 33.3 Å². The fraction of sp³-hybridized carbons (Fsp3) is 0.300. The second-order valence-corrected chi connectivity index (χ2v) is 5.75. The molecule has 1 aliphatic rings. The summed E-state index contributed by atoms with van der Waals surface area (Å²) in [6.07, 6.45) is 4.55. The smallest absolute Gasteiger partial charge is 0.119 e. The van der Waals surface area contributed by atoms with Crippen molar-refractivity contribution in [3.63, 3.8) is 0 Å². The molecule has 0 heterocycles. The highest BCUT2D eigenvalue weighted by atomic mass is 16.5. The lowest BCUT2D eigenvalue weighted by Crippen LogP contribution is -2.23. The molecule has 0 radical (unpaired) electrons. The van der Waals surface area contributed by atoms with Gasteiger partial charge >= 0.3 is 0 Å². The van der Waals surface area contributed by atoms with Gasteiger partial charge in [0.2, 0.25) is 0 Å². The Morgan fingerprint density at radius 2 is 1.78 bits per heavy atom. The van der Waals surface area contributed by atoms with Gasteiger partial charge in [-0.1, -0.05) is 30.3 Å². The van der Waals surface area contributed by atoms with E-state index < -0.39 is 0 Å². The number of hydrogen-bond acceptors (Lipinski definition) is 3. The zero-order valence-corrected chi connectivity index (χ0v) is 13.6. The molecule has 0 saturated carbocycles. The molecule has 120 valence electrons. The van der Waals surface area contributed by atoms with E-state index in [9.17, 15) is 0 Å². The summed E-state index contributed by atoms with van der Waals surface area (Å²) in [4.78, 5) is 0. The third-order valence-electron chi connectivity index (χ3n) is 4.22. The first-order valence-corrected chi connectivity index (χ1v) is 8.23. The Balaban J connectivity index is 1.33. The van der Waals surface area contributed by atoms with Gasteiger partial charge in [-0.2, -0.15) is 0 Å². The maximum atomic E-state index is 5.16. The lowest BCUT2D eigenvalue weighted by molar-refractivity contribution is 0.415. The largest absolute Gasteiger partial charge is 0.497 e. The number of ether oxygens (including phenoxy) is 1. The number of allylic oxidation sites excluding steroid dienone is 1. The van der Waals surface area contributed by atoms with Crippen LogP contribution in [0.25, 0.3) is 5.57 Å². The lowest BCUT2D eigenvalue weighted by Gasteiger charge is -2.09. The highest BCUT2D eigenvalue weighted by Crippen LogP contribution is 2.28. The summed E-state index contributed by atoms with van der Waals surface area (Å²) in [5.74, 6) is 0.888. The molecule has 0 spiro atoms. The van der Waals surface area contributed by atoms with Crippen molar-refractivity contribution in [2.45, 2.75) is 12.8 Å². The number of fused-ring (bicyclic) bond motifs is 1. The molecule has 0 unspecified atom stereocenters. The summed E-state index contributed by atoms with van der Waals surface area (Å²) < 4.78 is 5.16. The molecular formula is C20H24N2O. The SMILES string of the molecule is COc1ccc(NCCNCCC2=CCc3ccccc32)cc1. The fourth-order valence-electron chi connectivity index (χ4n) is 2.94. The molecule has 0 atom stereocenters. The molecule has 2 aromatic rings. The van der Waals surface area contributed by atoms with E-state index in [1.54, 1.807) is 7.11 Å². The van der Waals surface area contributed by atoms with Crippen molar-refractivity contribution in [2.75, 3.05) is 32.1 Å². The van der Waals surface area contributed by atoms with Crippen LogP contribution in [0.2, 0.25) is 0 Å². The predicted octanol–water partition coefficient (Wildman–Crippen LogP) is 3.73. The highest BCUT2D eigenvalue weighted by Gasteiger charge is 2.11. The van der Waals surface area contributed by atoms with Gasteiger partial charge in [-0.25, -0.2) is 0 Å². The standard InChI is InChI=1S/C20H24N2O/c1-23-19-10-8-18(9-11-19)22-15-14-21-13-12-17-7-6-16-4-2-3-5-20(16)17/h2-5,7-11,21-22H,6,12-15H2,1H3. The lowest BCUT2D eigenvalue weighted by atomic mass is 10.0. The van der Waals surface area contributed by atoms with Gasteiger partial charge in [0.1, 0.15) is 5.75 Å². The van der Waals surface area contributed by atoms with Gasteiger partial charge in [-0.05, 0) is 60.4 Å². The summed E-state index contributed by atoms with van der Waals surface area (Å²) in [5, 5.41) is 6.92. The molecule has 2 N–H and O–H groups in total. The first kappa shape index (κ1) is 15.6. The van der Waals surface area contributed by atoms with E-state index in [1.165, 1.54) is 16.7 Å². The van der Waals surface area contributed by atoms with E-state index in [4.69, 9.17) is 4.74 Å². The molecule has 3 nitrogen and oxygen atoms in total. The molecule has 3 rings (SSSR count). The van der Waals surface area contributed by atoms with Crippen molar-refractivity contribution in [1.29, 1.82) is 0 Å². The molecule has 2 aromatic carbocycles. The van der Waals surface area contributed by atoms with Crippen LogP contribution in [0, 0.1) is 0 Å². The third-order valence-corrected chi connectivity index (χ3v) is 4.22. The number of benzene rings is 2. The average molecular weight is 308 g/mol. The predicted molar refractivity (Wildman–Crippen MR) is 97.1 cm³/mol. The number of hydrogen-bond donors (Lipinski definition) is 2. The minimum atomic E-state index is 0.888. The number of anilines is 1. The molecule has 3 heteroatoms. The van der Waals surface area contributed by atoms with Crippen molar-refractivity contribution >= 4 is 11.3 Å². The van der Waals surface area contributed by atoms with Gasteiger partial charge in [0.15, 0.2) is 0 Å². The minimum Gasteiger partial charge on any atom is -0.497 e. The van der Waals surface area contributed by atoms with Crippen molar-refractivity contribution in [1.82, 2.24) is 5.32 Å². The molecule has 23 heavy (non-hydrogen) atoms. The van der Waals surface area contributed by atoms with Crippen LogP contribution in [0.1, 0.15) is 17.5 Å². The molecular weight excluding hydrogens is 284 g/mol. The summed E-state index contributed by atoms with van der Waals surface area (Å²) in [6.45, 7) is 2.90. The van der Waals surface area contributed by atoms with Crippen molar-refractivity contribution in [3.8, 4) is 5.75 Å². The Bertz CT molecular complexity index is 662. The van der Waals surface area contributed by atoms with Crippen LogP contribution in [0.5, 0.6) is 5.75 Å². The molecule has 0 aliphatic heterocycles. The van der Waals surface area contributed by atoms with E-state index >= 15 is 0 Å². The van der Waals surface area contributed by atoms with E-state index in [0.717, 1.165) is 43.9 Å². The molecule has 0 amide bonds. The first-order valence-electron chi connectivity index (χ1n) is 8.23. The average Bonchev–Trinajstić information content (AvgIpc) is 3.02. The monoisotopic (exact) mass is 308 g/mol. The molecule has 0 saturated heterocycles. The summed E-state index contributed by atoms with van der Waals surface area (Å²) in [7, 11) is 1.69. The zero-order chi connectivity index (χ0) is 15.9. The molecule has 0 aromatic heterocycles. The summed E-state index contributed by atoms with van der Waals surface area (Å²) in [5.41, 5.74) is 5.51. The first-order chi connectivity index (χ1) is 11.4. The van der Waals surface area contributed by atoms with Crippen LogP contribution in [0.4, 0.5) is 5.69 Å². The van der Waals surface area contributed by atoms with Gasteiger partial charge in [0, 0.05) is 18.8 Å². The van der Waals surface area contributed by atoms with E-state index in [0.29, 0.717) is 0 Å². The van der Waals surface area contributed by atoms with E-state index in [-0.39, 0.29) is 0 Å². The van der Waals surface area contributed by atoms with Crippen LogP contribution < -0.4 is 15.4 Å². The maximum absolute atomic E-state index is 5.16. The Labute approximate surface area is 138 Å². The number of rotatable bonds is 8. The van der Waals surface area contributed by atoms with Gasteiger partial charge in [-0.3, -0.25) is 0 Å². The van der Waals surface area contributed by atoms with Gasteiger partial charge in [-0.15, -0.1) is 0 Å². The maximum Gasteiger partial charge on any atom is 0.119 e.